The van der Waals surface area contributed by atoms with Crippen LogP contribution in [0.2, 0.25) is 0 Å². The number of nitrogens with zero attached hydrogens (tertiary/aromatic N) is 1. The summed E-state index contributed by atoms with van der Waals surface area (Å²) in [4.78, 5) is 12.9. The first-order valence-corrected chi connectivity index (χ1v) is 4.51. The zero-order valence-corrected chi connectivity index (χ0v) is 8.39. The van der Waals surface area contributed by atoms with Gasteiger partial charge >= 0.3 is 0 Å². The van der Waals surface area contributed by atoms with Crippen LogP contribution < -0.4 is 0 Å². The van der Waals surface area contributed by atoms with Crippen molar-refractivity contribution >= 4 is 5.91 Å². The van der Waals surface area contributed by atoms with Crippen LogP contribution in [-0.2, 0) is 4.79 Å². The predicted molar refractivity (Wildman–Crippen MR) is 51.7 cm³/mol. The molecule has 0 saturated carbocycles. The summed E-state index contributed by atoms with van der Waals surface area (Å²) in [6.07, 6.45) is 3.93. The quantitative estimate of drug-likeness (QED) is 0.579. The highest BCUT2D eigenvalue weighted by atomic mass is 16.2. The van der Waals surface area contributed by atoms with Gasteiger partial charge in [0.25, 0.3) is 0 Å². The van der Waals surface area contributed by atoms with Crippen LogP contribution in [0.5, 0.6) is 0 Å². The van der Waals surface area contributed by atoms with Gasteiger partial charge in [0.15, 0.2) is 0 Å². The van der Waals surface area contributed by atoms with Crippen LogP contribution in [0.25, 0.3) is 0 Å². The number of rotatable bonds is 5. The summed E-state index contributed by atoms with van der Waals surface area (Å²) in [5.41, 5.74) is 0.816. The second-order valence-electron chi connectivity index (χ2n) is 3.15. The van der Waals surface area contributed by atoms with E-state index in [1.54, 1.807) is 11.9 Å². The first-order chi connectivity index (χ1) is 5.59. The number of amides is 1. The average molecular weight is 169 g/mol. The minimum atomic E-state index is 0.177. The van der Waals surface area contributed by atoms with Crippen molar-refractivity contribution in [1.29, 1.82) is 0 Å². The van der Waals surface area contributed by atoms with Crippen molar-refractivity contribution in [3.63, 3.8) is 0 Å². The van der Waals surface area contributed by atoms with Gasteiger partial charge in [0, 0.05) is 19.2 Å². The maximum Gasteiger partial charge on any atom is 0.226 e. The average Bonchev–Trinajstić information content (AvgIpc) is 2.03. The molecule has 70 valence electrons. The molecule has 0 heterocycles. The van der Waals surface area contributed by atoms with Gasteiger partial charge in [0.2, 0.25) is 5.91 Å². The number of carbonyl (C=O) groups is 1. The van der Waals surface area contributed by atoms with Crippen LogP contribution in [0.15, 0.2) is 12.3 Å². The molecule has 0 unspecified atom stereocenters. The Kier molecular flexibility index (Phi) is 5.43. The molecule has 0 aromatic rings. The number of hydrogen-bond acceptors (Lipinski definition) is 1. The maximum atomic E-state index is 11.3. The van der Waals surface area contributed by atoms with Crippen LogP contribution in [0.4, 0.5) is 0 Å². The molecule has 0 aliphatic carbocycles. The number of unbranched alkanes of at least 4 members (excludes halogenated alkanes) is 2. The minimum Gasteiger partial charge on any atom is -0.320 e. The summed E-state index contributed by atoms with van der Waals surface area (Å²) < 4.78 is 0. The van der Waals surface area contributed by atoms with Crippen LogP contribution in [0, 0.1) is 0 Å². The molecule has 0 aliphatic heterocycles. The Morgan fingerprint density at radius 1 is 1.42 bits per heavy atom. The lowest BCUT2D eigenvalue weighted by molar-refractivity contribution is -0.128. The Morgan fingerprint density at radius 2 is 2.00 bits per heavy atom. The van der Waals surface area contributed by atoms with E-state index in [-0.39, 0.29) is 5.91 Å². The minimum absolute atomic E-state index is 0.177. The molecule has 0 atom stereocenters. The fourth-order valence-corrected chi connectivity index (χ4v) is 0.907. The highest BCUT2D eigenvalue weighted by molar-refractivity contribution is 5.77. The van der Waals surface area contributed by atoms with E-state index in [9.17, 15) is 4.79 Å². The molecule has 0 N–H and O–H groups in total. The lowest BCUT2D eigenvalue weighted by Crippen LogP contribution is -2.23. The zero-order valence-electron chi connectivity index (χ0n) is 8.39. The van der Waals surface area contributed by atoms with E-state index in [0.717, 1.165) is 25.0 Å². The van der Waals surface area contributed by atoms with Gasteiger partial charge in [-0.1, -0.05) is 26.3 Å². The van der Waals surface area contributed by atoms with Crippen molar-refractivity contribution in [3.8, 4) is 0 Å². The molecule has 2 nitrogen and oxygen atoms in total. The lowest BCUT2D eigenvalue weighted by atomic mass is 10.2. The topological polar surface area (TPSA) is 20.3 Å². The first kappa shape index (κ1) is 11.2. The largest absolute Gasteiger partial charge is 0.320 e. The fraction of sp³-hybridized carbons (Fsp3) is 0.700. The molecule has 0 saturated heterocycles. The molecular formula is C10H19NO. The van der Waals surface area contributed by atoms with Crippen LogP contribution in [0.3, 0.4) is 0 Å². The van der Waals surface area contributed by atoms with Gasteiger partial charge in [-0.3, -0.25) is 4.79 Å². The molecular weight excluding hydrogens is 150 g/mol. The summed E-state index contributed by atoms with van der Waals surface area (Å²) in [6.45, 7) is 7.69. The van der Waals surface area contributed by atoms with Gasteiger partial charge < -0.3 is 4.90 Å². The van der Waals surface area contributed by atoms with Crippen LogP contribution in [-0.4, -0.2) is 17.9 Å². The third-order valence-electron chi connectivity index (χ3n) is 1.94. The Bertz CT molecular complexity index is 163. The summed E-state index contributed by atoms with van der Waals surface area (Å²) >= 11 is 0. The van der Waals surface area contributed by atoms with E-state index in [2.05, 4.69) is 13.5 Å². The van der Waals surface area contributed by atoms with E-state index in [1.165, 1.54) is 0 Å². The lowest BCUT2D eigenvalue weighted by Gasteiger charge is -2.16. The summed E-state index contributed by atoms with van der Waals surface area (Å²) in [5, 5.41) is 0. The molecule has 0 radical (unpaired) electrons. The van der Waals surface area contributed by atoms with Crippen molar-refractivity contribution < 1.29 is 4.79 Å². The zero-order chi connectivity index (χ0) is 9.56. The van der Waals surface area contributed by atoms with Gasteiger partial charge in [0.05, 0.1) is 0 Å². The van der Waals surface area contributed by atoms with Gasteiger partial charge in [-0.2, -0.15) is 0 Å². The van der Waals surface area contributed by atoms with E-state index in [4.69, 9.17) is 0 Å². The smallest absolute Gasteiger partial charge is 0.226 e. The summed E-state index contributed by atoms with van der Waals surface area (Å²) in [5.74, 6) is 0.177. The van der Waals surface area contributed by atoms with Gasteiger partial charge in [-0.25, -0.2) is 0 Å². The predicted octanol–water partition coefficient (Wildman–Crippen LogP) is 2.56. The number of carbonyl (C=O) groups excluding carboxylic acids is 1. The van der Waals surface area contributed by atoms with E-state index >= 15 is 0 Å². The summed E-state index contributed by atoms with van der Waals surface area (Å²) in [6, 6.07) is 0. The monoisotopic (exact) mass is 169 g/mol. The normalized spacial score (nSPS) is 9.58. The van der Waals surface area contributed by atoms with E-state index < -0.39 is 0 Å². The second kappa shape index (κ2) is 5.81. The Morgan fingerprint density at radius 3 is 2.42 bits per heavy atom. The number of allylic oxidation sites excluding steroid dienone is 1. The van der Waals surface area contributed by atoms with Gasteiger partial charge in [0.1, 0.15) is 0 Å². The Labute approximate surface area is 75.3 Å². The van der Waals surface area contributed by atoms with Crippen molar-refractivity contribution in [1.82, 2.24) is 4.90 Å². The number of hydrogen-bond donors (Lipinski definition) is 0. The third-order valence-corrected chi connectivity index (χ3v) is 1.94. The van der Waals surface area contributed by atoms with Crippen LogP contribution >= 0.6 is 0 Å². The Balaban J connectivity index is 3.65. The molecule has 0 fully saturated rings. The molecule has 12 heavy (non-hydrogen) atoms. The van der Waals surface area contributed by atoms with Crippen molar-refractivity contribution in [2.45, 2.75) is 39.5 Å². The summed E-state index contributed by atoms with van der Waals surface area (Å²) in [7, 11) is 1.77. The first-order valence-electron chi connectivity index (χ1n) is 4.51. The Hall–Kier alpha value is -0.790. The molecule has 0 aliphatic rings. The molecule has 0 bridgehead atoms. The van der Waals surface area contributed by atoms with Gasteiger partial charge in [-0.05, 0) is 13.3 Å². The molecule has 0 aromatic heterocycles. The SMILES string of the molecule is C=C(C)N(C)C(=O)CCCCC. The van der Waals surface area contributed by atoms with Crippen molar-refractivity contribution in [2.24, 2.45) is 0 Å². The van der Waals surface area contributed by atoms with E-state index in [0.29, 0.717) is 6.42 Å². The molecule has 0 spiro atoms. The highest BCUT2D eigenvalue weighted by Crippen LogP contribution is 2.05. The molecule has 0 rings (SSSR count). The molecule has 1 amide bonds. The standard InChI is InChI=1S/C10H19NO/c1-5-6-7-8-10(12)11(4)9(2)3/h2,5-8H2,1,3-4H3. The van der Waals surface area contributed by atoms with E-state index in [1.807, 2.05) is 6.92 Å². The fourth-order valence-electron chi connectivity index (χ4n) is 0.907. The van der Waals surface area contributed by atoms with Gasteiger partial charge in [-0.15, -0.1) is 0 Å². The molecule has 2 heteroatoms. The second-order valence-corrected chi connectivity index (χ2v) is 3.15. The van der Waals surface area contributed by atoms with Crippen molar-refractivity contribution in [2.75, 3.05) is 7.05 Å². The molecule has 0 aromatic carbocycles. The van der Waals surface area contributed by atoms with Crippen LogP contribution in [0.1, 0.15) is 39.5 Å². The maximum absolute atomic E-state index is 11.3. The highest BCUT2D eigenvalue weighted by Gasteiger charge is 2.07. The van der Waals surface area contributed by atoms with Crippen molar-refractivity contribution in [3.05, 3.63) is 12.3 Å². The third kappa shape index (κ3) is 4.16.